The second kappa shape index (κ2) is 5.74. The summed E-state index contributed by atoms with van der Waals surface area (Å²) in [5.74, 6) is 0.624. The number of likely N-dealkylation sites (tertiary alicyclic amines) is 1. The minimum atomic E-state index is -3.31. The molecule has 2 rings (SSSR count). The van der Waals surface area contributed by atoms with Crippen LogP contribution in [0.25, 0.3) is 0 Å². The van der Waals surface area contributed by atoms with Crippen LogP contribution in [0.5, 0.6) is 0 Å². The Morgan fingerprint density at radius 2 is 2.15 bits per heavy atom. The molecule has 4 nitrogen and oxygen atoms in total. The lowest BCUT2D eigenvalue weighted by atomic mass is 10.0. The van der Waals surface area contributed by atoms with Crippen LogP contribution in [-0.2, 0) is 9.84 Å². The van der Waals surface area contributed by atoms with E-state index in [1.165, 1.54) is 12.1 Å². The van der Waals surface area contributed by atoms with Crippen molar-refractivity contribution in [3.63, 3.8) is 0 Å². The number of amides is 1. The molecule has 0 radical (unpaired) electrons. The zero-order valence-electron chi connectivity index (χ0n) is 11.5. The molecule has 2 atom stereocenters. The molecule has 1 aliphatic rings. The smallest absolute Gasteiger partial charge is 0.254 e. The highest BCUT2D eigenvalue weighted by Crippen LogP contribution is 2.27. The van der Waals surface area contributed by atoms with Gasteiger partial charge >= 0.3 is 0 Å². The summed E-state index contributed by atoms with van der Waals surface area (Å²) >= 11 is 5.94. The van der Waals surface area contributed by atoms with Gasteiger partial charge < -0.3 is 4.90 Å². The zero-order valence-corrected chi connectivity index (χ0v) is 13.1. The lowest BCUT2D eigenvalue weighted by molar-refractivity contribution is 0.0737. The number of hydrogen-bond donors (Lipinski definition) is 0. The van der Waals surface area contributed by atoms with E-state index in [0.29, 0.717) is 23.9 Å². The Morgan fingerprint density at radius 3 is 2.75 bits per heavy atom. The monoisotopic (exact) mass is 315 g/mol. The highest BCUT2D eigenvalue weighted by atomic mass is 35.5. The third kappa shape index (κ3) is 2.99. The first-order valence-electron chi connectivity index (χ1n) is 6.51. The van der Waals surface area contributed by atoms with Gasteiger partial charge in [0, 0.05) is 30.3 Å². The topological polar surface area (TPSA) is 54.5 Å². The summed E-state index contributed by atoms with van der Waals surface area (Å²) in [4.78, 5) is 14.4. The highest BCUT2D eigenvalue weighted by Gasteiger charge is 2.34. The first-order valence-corrected chi connectivity index (χ1v) is 8.94. The number of carbonyl (C=O) groups excluding carboxylic acids is 1. The van der Waals surface area contributed by atoms with Gasteiger partial charge in [-0.05, 0) is 30.5 Å². The second-order valence-corrected chi connectivity index (χ2v) is 7.61. The number of nitrogens with zero attached hydrogens (tertiary/aromatic N) is 1. The van der Waals surface area contributed by atoms with Crippen LogP contribution in [0.4, 0.5) is 0 Å². The number of carbonyl (C=O) groups is 1. The SMILES string of the molecule is CC1CCN(C(=O)c2cccc(S(C)(=O)=O)c2)C1CCl. The Kier molecular flexibility index (Phi) is 4.39. The Morgan fingerprint density at radius 1 is 1.45 bits per heavy atom. The van der Waals surface area contributed by atoms with Gasteiger partial charge in [0.25, 0.3) is 5.91 Å². The van der Waals surface area contributed by atoms with E-state index >= 15 is 0 Å². The second-order valence-electron chi connectivity index (χ2n) is 5.29. The first kappa shape index (κ1) is 15.3. The molecule has 1 aliphatic heterocycles. The van der Waals surface area contributed by atoms with E-state index in [-0.39, 0.29) is 16.8 Å². The van der Waals surface area contributed by atoms with Crippen molar-refractivity contribution in [2.75, 3.05) is 18.7 Å². The van der Waals surface area contributed by atoms with Crippen LogP contribution in [0.2, 0.25) is 0 Å². The van der Waals surface area contributed by atoms with Crippen molar-refractivity contribution in [1.29, 1.82) is 0 Å². The lowest BCUT2D eigenvalue weighted by Crippen LogP contribution is -2.38. The third-order valence-corrected chi connectivity index (χ3v) is 5.24. The van der Waals surface area contributed by atoms with E-state index in [0.717, 1.165) is 12.7 Å². The third-order valence-electron chi connectivity index (χ3n) is 3.81. The quantitative estimate of drug-likeness (QED) is 0.803. The van der Waals surface area contributed by atoms with E-state index in [1.807, 2.05) is 0 Å². The number of hydrogen-bond acceptors (Lipinski definition) is 3. The molecule has 0 bridgehead atoms. The summed E-state index contributed by atoms with van der Waals surface area (Å²) in [6.07, 6.45) is 2.06. The van der Waals surface area contributed by atoms with Crippen molar-refractivity contribution in [2.24, 2.45) is 5.92 Å². The van der Waals surface area contributed by atoms with Gasteiger partial charge in [-0.1, -0.05) is 13.0 Å². The van der Waals surface area contributed by atoms with Gasteiger partial charge in [0.1, 0.15) is 0 Å². The van der Waals surface area contributed by atoms with Crippen molar-refractivity contribution < 1.29 is 13.2 Å². The van der Waals surface area contributed by atoms with Crippen LogP contribution in [0.1, 0.15) is 23.7 Å². The van der Waals surface area contributed by atoms with Gasteiger partial charge in [-0.25, -0.2) is 8.42 Å². The number of rotatable bonds is 3. The van der Waals surface area contributed by atoms with E-state index in [4.69, 9.17) is 11.6 Å². The van der Waals surface area contributed by atoms with Gasteiger partial charge in [-0.15, -0.1) is 11.6 Å². The minimum absolute atomic E-state index is 0.0195. The molecule has 1 aromatic carbocycles. The van der Waals surface area contributed by atoms with Crippen LogP contribution in [0.3, 0.4) is 0 Å². The molecule has 0 aromatic heterocycles. The van der Waals surface area contributed by atoms with Crippen molar-refractivity contribution in [3.8, 4) is 0 Å². The normalized spacial score (nSPS) is 23.1. The maximum atomic E-state index is 12.5. The average Bonchev–Trinajstić information content (AvgIpc) is 2.78. The van der Waals surface area contributed by atoms with Crippen LogP contribution < -0.4 is 0 Å². The van der Waals surface area contributed by atoms with Crippen molar-refractivity contribution in [3.05, 3.63) is 29.8 Å². The van der Waals surface area contributed by atoms with Crippen molar-refractivity contribution >= 4 is 27.3 Å². The van der Waals surface area contributed by atoms with Gasteiger partial charge in [0.2, 0.25) is 0 Å². The molecule has 2 unspecified atom stereocenters. The molecule has 1 amide bonds. The molecule has 20 heavy (non-hydrogen) atoms. The number of benzene rings is 1. The fraction of sp³-hybridized carbons (Fsp3) is 0.500. The van der Waals surface area contributed by atoms with Gasteiger partial charge in [-0.3, -0.25) is 4.79 Å². The number of halogens is 1. The maximum absolute atomic E-state index is 12.5. The minimum Gasteiger partial charge on any atom is -0.334 e. The van der Waals surface area contributed by atoms with Crippen LogP contribution in [-0.4, -0.2) is 43.9 Å². The van der Waals surface area contributed by atoms with Gasteiger partial charge in [0.05, 0.1) is 4.90 Å². The molecule has 1 heterocycles. The van der Waals surface area contributed by atoms with Crippen molar-refractivity contribution in [2.45, 2.75) is 24.3 Å². The van der Waals surface area contributed by atoms with Crippen LogP contribution in [0.15, 0.2) is 29.2 Å². The zero-order chi connectivity index (χ0) is 14.9. The largest absolute Gasteiger partial charge is 0.334 e. The number of sulfone groups is 1. The predicted octanol–water partition coefficient (Wildman–Crippen LogP) is 2.18. The molecule has 6 heteroatoms. The van der Waals surface area contributed by atoms with Crippen LogP contribution in [0, 0.1) is 5.92 Å². The average molecular weight is 316 g/mol. The summed E-state index contributed by atoms with van der Waals surface area (Å²) in [5, 5.41) is 0. The van der Waals surface area contributed by atoms with Gasteiger partial charge in [-0.2, -0.15) is 0 Å². The predicted molar refractivity (Wildman–Crippen MR) is 78.9 cm³/mol. The molecule has 0 aliphatic carbocycles. The molecule has 1 saturated heterocycles. The van der Waals surface area contributed by atoms with Gasteiger partial charge in [0.15, 0.2) is 9.84 Å². The maximum Gasteiger partial charge on any atom is 0.254 e. The highest BCUT2D eigenvalue weighted by molar-refractivity contribution is 7.90. The Bertz CT molecular complexity index is 615. The molecular formula is C14H18ClNO3S. The molecule has 110 valence electrons. The summed E-state index contributed by atoms with van der Waals surface area (Å²) in [7, 11) is -3.31. The molecule has 0 spiro atoms. The van der Waals surface area contributed by atoms with E-state index in [9.17, 15) is 13.2 Å². The lowest BCUT2D eigenvalue weighted by Gasteiger charge is -2.25. The molecule has 1 aromatic rings. The summed E-state index contributed by atoms with van der Waals surface area (Å²) in [6.45, 7) is 2.74. The van der Waals surface area contributed by atoms with Crippen LogP contribution >= 0.6 is 11.6 Å². The summed E-state index contributed by atoms with van der Waals surface area (Å²) in [6, 6.07) is 6.19. The fourth-order valence-corrected chi connectivity index (χ4v) is 3.66. The Hall–Kier alpha value is -1.07. The molecule has 0 saturated carbocycles. The van der Waals surface area contributed by atoms with E-state index < -0.39 is 9.84 Å². The summed E-state index contributed by atoms with van der Waals surface area (Å²) < 4.78 is 23.1. The Labute approximate surface area is 124 Å². The van der Waals surface area contributed by atoms with Crippen molar-refractivity contribution in [1.82, 2.24) is 4.90 Å². The first-order chi connectivity index (χ1) is 9.34. The Balaban J connectivity index is 2.30. The summed E-state index contributed by atoms with van der Waals surface area (Å²) in [5.41, 5.74) is 0.400. The standard InChI is InChI=1S/C14H18ClNO3S/c1-10-6-7-16(13(10)9-15)14(17)11-4-3-5-12(8-11)20(2,18)19/h3-5,8,10,13H,6-7,9H2,1-2H3. The number of alkyl halides is 1. The molecule has 1 fully saturated rings. The molecule has 0 N–H and O–H groups in total. The van der Waals surface area contributed by atoms with E-state index in [2.05, 4.69) is 6.92 Å². The fourth-order valence-electron chi connectivity index (χ4n) is 2.52. The molecular weight excluding hydrogens is 298 g/mol. The van der Waals surface area contributed by atoms with E-state index in [1.54, 1.807) is 17.0 Å².